The van der Waals surface area contributed by atoms with E-state index in [4.69, 9.17) is 5.11 Å². The maximum absolute atomic E-state index is 11.5. The van der Waals surface area contributed by atoms with E-state index in [0.29, 0.717) is 10.9 Å². The molecule has 0 fully saturated rings. The topological polar surface area (TPSA) is 91.7 Å². The van der Waals surface area contributed by atoms with Gasteiger partial charge in [0.25, 0.3) is 10.1 Å². The fourth-order valence-electron chi connectivity index (χ4n) is 3.99. The second-order valence-corrected chi connectivity index (χ2v) is 9.17. The normalized spacial score (nSPS) is 24.9. The molecule has 0 aliphatic carbocycles. The molecule has 0 bridgehead atoms. The lowest BCUT2D eigenvalue weighted by molar-refractivity contribution is -0.137. The smallest absolute Gasteiger partial charge is 0.303 e. The summed E-state index contributed by atoms with van der Waals surface area (Å²) < 4.78 is 33.0. The van der Waals surface area contributed by atoms with E-state index < -0.39 is 16.1 Å². The van der Waals surface area contributed by atoms with Gasteiger partial charge in [-0.2, -0.15) is 8.42 Å². The number of hydrogen-bond acceptors (Lipinski definition) is 3. The number of rotatable bonds is 7. The first-order valence-corrected chi connectivity index (χ1v) is 10.0. The van der Waals surface area contributed by atoms with Crippen LogP contribution in [-0.4, -0.2) is 43.7 Å². The van der Waals surface area contributed by atoms with Crippen LogP contribution in [0.2, 0.25) is 0 Å². The van der Waals surface area contributed by atoms with Crippen molar-refractivity contribution in [3.8, 4) is 0 Å². The Bertz CT molecular complexity index is 772. The van der Waals surface area contributed by atoms with Crippen molar-refractivity contribution in [2.75, 3.05) is 13.6 Å². The number of carbonyl (C=O) groups is 1. The Kier molecular flexibility index (Phi) is 5.33. The number of fused-ring (bicyclic) bond motifs is 1. The first-order chi connectivity index (χ1) is 11.4. The largest absolute Gasteiger partial charge is 0.481 e. The number of carboxylic acid groups (broad SMARTS) is 1. The van der Waals surface area contributed by atoms with Crippen LogP contribution in [0.15, 0.2) is 23.1 Å². The summed E-state index contributed by atoms with van der Waals surface area (Å²) in [6.45, 7) is 7.21. The molecule has 25 heavy (non-hydrogen) atoms. The van der Waals surface area contributed by atoms with E-state index in [9.17, 15) is 17.8 Å². The summed E-state index contributed by atoms with van der Waals surface area (Å²) in [6.07, 6.45) is 2.62. The average molecular weight is 370 g/mol. The lowest BCUT2D eigenvalue weighted by atomic mass is 9.81. The number of likely N-dealkylation sites (N-methyl/N-ethyl adjacent to an activating group) is 1. The van der Waals surface area contributed by atoms with Crippen molar-refractivity contribution >= 4 is 21.8 Å². The molecule has 1 heterocycles. The van der Waals surface area contributed by atoms with Crippen LogP contribution in [0.5, 0.6) is 0 Å². The Labute approximate surface area is 149 Å². The summed E-state index contributed by atoms with van der Waals surface area (Å²) >= 11 is 0. The molecule has 2 atom stereocenters. The van der Waals surface area contributed by atoms with Crippen LogP contribution < -0.4 is 4.48 Å². The molecule has 2 unspecified atom stereocenters. The van der Waals surface area contributed by atoms with E-state index in [1.54, 1.807) is 12.1 Å². The van der Waals surface area contributed by atoms with E-state index in [2.05, 4.69) is 27.8 Å². The lowest BCUT2D eigenvalue weighted by Crippen LogP contribution is -2.54. The highest BCUT2D eigenvalue weighted by molar-refractivity contribution is 7.85. The minimum absolute atomic E-state index is 0.0681. The second kappa shape index (κ2) is 6.70. The highest BCUT2D eigenvalue weighted by Gasteiger charge is 2.52. The highest BCUT2D eigenvalue weighted by Crippen LogP contribution is 2.49. The van der Waals surface area contributed by atoms with Crippen molar-refractivity contribution in [2.24, 2.45) is 0 Å². The molecule has 0 saturated carbocycles. The second-order valence-electron chi connectivity index (χ2n) is 7.75. The SMILES string of the molecule is CC1C(C)(C)c2cc(S(=O)(=O)O)ccc2[N+]1(C)CCCCCC(=O)O. The van der Waals surface area contributed by atoms with Gasteiger partial charge < -0.3 is 5.11 Å². The molecule has 2 N–H and O–H groups in total. The average Bonchev–Trinajstić information content (AvgIpc) is 2.65. The van der Waals surface area contributed by atoms with Crippen LogP contribution in [0.4, 0.5) is 5.69 Å². The first kappa shape index (κ1) is 19.9. The molecule has 1 aromatic carbocycles. The van der Waals surface area contributed by atoms with Crippen LogP contribution in [-0.2, 0) is 20.3 Å². The van der Waals surface area contributed by atoms with E-state index in [-0.39, 0.29) is 22.8 Å². The molecule has 1 aliphatic heterocycles. The minimum atomic E-state index is -4.22. The summed E-state index contributed by atoms with van der Waals surface area (Å²) in [5.41, 5.74) is 1.79. The molecular formula is C18H28NO5S+. The molecule has 1 aliphatic rings. The predicted molar refractivity (Wildman–Crippen MR) is 97.4 cm³/mol. The molecule has 0 amide bonds. The van der Waals surface area contributed by atoms with Crippen molar-refractivity contribution in [2.45, 2.75) is 62.8 Å². The van der Waals surface area contributed by atoms with Gasteiger partial charge >= 0.3 is 5.97 Å². The van der Waals surface area contributed by atoms with Gasteiger partial charge in [-0.1, -0.05) is 0 Å². The van der Waals surface area contributed by atoms with Gasteiger partial charge in [-0.3, -0.25) is 13.8 Å². The van der Waals surface area contributed by atoms with Gasteiger partial charge in [-0.25, -0.2) is 0 Å². The number of carboxylic acids is 1. The van der Waals surface area contributed by atoms with E-state index in [1.807, 2.05) is 0 Å². The van der Waals surface area contributed by atoms with Crippen LogP contribution in [0.25, 0.3) is 0 Å². The Hall–Kier alpha value is -1.44. The van der Waals surface area contributed by atoms with Crippen molar-refractivity contribution in [3.63, 3.8) is 0 Å². The maximum Gasteiger partial charge on any atom is 0.303 e. The molecule has 0 radical (unpaired) electrons. The fourth-order valence-corrected chi connectivity index (χ4v) is 4.50. The predicted octanol–water partition coefficient (Wildman–Crippen LogP) is 3.20. The zero-order valence-corrected chi connectivity index (χ0v) is 16.1. The van der Waals surface area contributed by atoms with Gasteiger partial charge in [0.15, 0.2) is 0 Å². The molecule has 0 saturated heterocycles. The number of hydrogen-bond donors (Lipinski definition) is 2. The molecule has 0 aromatic heterocycles. The van der Waals surface area contributed by atoms with Crippen LogP contribution in [0, 0.1) is 0 Å². The van der Waals surface area contributed by atoms with E-state index in [1.165, 1.54) is 6.07 Å². The third-order valence-corrected chi connectivity index (χ3v) is 6.77. The molecule has 7 heteroatoms. The Balaban J connectivity index is 2.28. The van der Waals surface area contributed by atoms with Crippen LogP contribution in [0.3, 0.4) is 0 Å². The van der Waals surface area contributed by atoms with E-state index >= 15 is 0 Å². The maximum atomic E-state index is 11.5. The van der Waals surface area contributed by atoms with Gasteiger partial charge in [0.1, 0.15) is 11.7 Å². The van der Waals surface area contributed by atoms with Gasteiger partial charge in [0, 0.05) is 23.5 Å². The zero-order valence-electron chi connectivity index (χ0n) is 15.3. The number of nitrogens with zero attached hydrogens (tertiary/aromatic N) is 1. The molecular weight excluding hydrogens is 342 g/mol. The summed E-state index contributed by atoms with van der Waals surface area (Å²) in [7, 11) is -2.08. The summed E-state index contributed by atoms with van der Waals surface area (Å²) in [4.78, 5) is 10.6. The highest BCUT2D eigenvalue weighted by atomic mass is 32.2. The van der Waals surface area contributed by atoms with Crippen molar-refractivity contribution in [1.29, 1.82) is 0 Å². The third kappa shape index (κ3) is 3.73. The van der Waals surface area contributed by atoms with Crippen molar-refractivity contribution in [1.82, 2.24) is 4.48 Å². The Morgan fingerprint density at radius 2 is 1.88 bits per heavy atom. The Morgan fingerprint density at radius 3 is 2.44 bits per heavy atom. The monoisotopic (exact) mass is 370 g/mol. The summed E-state index contributed by atoms with van der Waals surface area (Å²) in [6, 6.07) is 5.10. The molecule has 2 rings (SSSR count). The summed E-state index contributed by atoms with van der Waals surface area (Å²) in [5, 5.41) is 8.73. The first-order valence-electron chi connectivity index (χ1n) is 8.60. The quantitative estimate of drug-likeness (QED) is 0.437. The summed E-state index contributed by atoms with van der Waals surface area (Å²) in [5.74, 6) is -0.765. The van der Waals surface area contributed by atoms with Crippen LogP contribution >= 0.6 is 0 Å². The number of unbranched alkanes of at least 4 members (excludes halogenated alkanes) is 2. The standard InChI is InChI=1S/C18H27NO5S/c1-13-18(2,3)15-12-14(25(22,23)24)9-10-16(15)19(13,4)11-7-5-6-8-17(20)21/h9-10,12-13H,5-8,11H2,1-4H3,(H-,20,21,22,23,24)/p+1. The van der Waals surface area contributed by atoms with Crippen molar-refractivity contribution < 1.29 is 22.9 Å². The fraction of sp³-hybridized carbons (Fsp3) is 0.611. The Morgan fingerprint density at radius 1 is 1.24 bits per heavy atom. The number of benzene rings is 1. The lowest BCUT2D eigenvalue weighted by Gasteiger charge is -2.38. The van der Waals surface area contributed by atoms with Gasteiger partial charge in [0.2, 0.25) is 0 Å². The molecule has 6 nitrogen and oxygen atoms in total. The minimum Gasteiger partial charge on any atom is -0.481 e. The third-order valence-electron chi connectivity index (χ3n) is 5.92. The molecule has 0 spiro atoms. The van der Waals surface area contributed by atoms with Crippen LogP contribution in [0.1, 0.15) is 52.0 Å². The molecule has 1 aromatic rings. The number of quaternary nitrogens is 1. The number of aliphatic carboxylic acids is 1. The molecule has 140 valence electrons. The van der Waals surface area contributed by atoms with E-state index in [0.717, 1.165) is 30.6 Å². The van der Waals surface area contributed by atoms with Crippen molar-refractivity contribution in [3.05, 3.63) is 23.8 Å². The van der Waals surface area contributed by atoms with Gasteiger partial charge in [-0.15, -0.1) is 0 Å². The van der Waals surface area contributed by atoms with Gasteiger partial charge in [-0.05, 0) is 52.2 Å². The zero-order chi connectivity index (χ0) is 19.0. The van der Waals surface area contributed by atoms with Gasteiger partial charge in [0.05, 0.1) is 18.5 Å².